The largest absolute Gasteiger partial charge is 0.452 e. The second kappa shape index (κ2) is 9.30. The van der Waals surface area contributed by atoms with E-state index in [1.165, 1.54) is 6.08 Å². The number of thiophene rings is 2. The van der Waals surface area contributed by atoms with E-state index in [9.17, 15) is 9.59 Å². The van der Waals surface area contributed by atoms with Crippen molar-refractivity contribution < 1.29 is 14.3 Å². The fourth-order valence-electron chi connectivity index (χ4n) is 2.43. The van der Waals surface area contributed by atoms with Gasteiger partial charge in [-0.3, -0.25) is 4.79 Å². The summed E-state index contributed by atoms with van der Waals surface area (Å²) < 4.78 is 5.01. The first-order valence-electron chi connectivity index (χ1n) is 8.44. The molecule has 2 heterocycles. The van der Waals surface area contributed by atoms with Gasteiger partial charge in [-0.15, -0.1) is 22.7 Å². The Morgan fingerprint density at radius 2 is 1.93 bits per heavy atom. The number of rotatable bonds is 7. The third kappa shape index (κ3) is 5.64. The Labute approximate surface area is 166 Å². The van der Waals surface area contributed by atoms with Crippen LogP contribution in [0, 0.1) is 0 Å². The van der Waals surface area contributed by atoms with E-state index >= 15 is 0 Å². The molecule has 1 amide bonds. The van der Waals surface area contributed by atoms with Crippen LogP contribution in [0.5, 0.6) is 0 Å². The Morgan fingerprint density at radius 1 is 1.11 bits per heavy atom. The Morgan fingerprint density at radius 3 is 2.67 bits per heavy atom. The van der Waals surface area contributed by atoms with E-state index in [4.69, 9.17) is 4.74 Å². The molecule has 0 aliphatic rings. The van der Waals surface area contributed by atoms with Gasteiger partial charge in [-0.05, 0) is 42.1 Å². The van der Waals surface area contributed by atoms with Crippen molar-refractivity contribution in [3.05, 3.63) is 75.8 Å². The number of carbonyl (C=O) groups is 2. The van der Waals surface area contributed by atoms with Crippen molar-refractivity contribution in [2.75, 3.05) is 6.61 Å². The molecule has 0 fully saturated rings. The highest BCUT2D eigenvalue weighted by atomic mass is 32.1. The van der Waals surface area contributed by atoms with Crippen molar-refractivity contribution >= 4 is 40.6 Å². The lowest BCUT2D eigenvalue weighted by Crippen LogP contribution is -2.30. The van der Waals surface area contributed by atoms with Crippen LogP contribution in [-0.4, -0.2) is 18.5 Å². The van der Waals surface area contributed by atoms with Gasteiger partial charge in [0.05, 0.1) is 6.04 Å². The molecule has 0 unspecified atom stereocenters. The lowest BCUT2D eigenvalue weighted by atomic mass is 10.2. The molecule has 0 aliphatic heterocycles. The first-order valence-corrected chi connectivity index (χ1v) is 10.1. The van der Waals surface area contributed by atoms with E-state index in [1.807, 2.05) is 66.9 Å². The maximum absolute atomic E-state index is 11.9. The summed E-state index contributed by atoms with van der Waals surface area (Å²) in [4.78, 5) is 26.8. The molecule has 1 atom stereocenters. The average Bonchev–Trinajstić information content (AvgIpc) is 3.37. The average molecular weight is 398 g/mol. The number of benzene rings is 1. The van der Waals surface area contributed by atoms with Crippen LogP contribution in [0.2, 0.25) is 0 Å². The van der Waals surface area contributed by atoms with E-state index in [0.717, 1.165) is 20.2 Å². The Bertz CT molecular complexity index is 914. The molecule has 0 saturated heterocycles. The van der Waals surface area contributed by atoms with Gasteiger partial charge in [0, 0.05) is 20.7 Å². The van der Waals surface area contributed by atoms with Crippen molar-refractivity contribution in [2.45, 2.75) is 13.0 Å². The number of amides is 1. The van der Waals surface area contributed by atoms with Gasteiger partial charge in [0.25, 0.3) is 5.91 Å². The molecule has 2 aromatic heterocycles. The molecule has 27 heavy (non-hydrogen) atoms. The molecule has 138 valence electrons. The normalized spacial score (nSPS) is 12.0. The second-order valence-electron chi connectivity index (χ2n) is 5.81. The third-order valence-corrected chi connectivity index (χ3v) is 5.92. The Hall–Kier alpha value is -2.70. The zero-order chi connectivity index (χ0) is 19.1. The summed E-state index contributed by atoms with van der Waals surface area (Å²) in [6, 6.07) is 17.8. The Kier molecular flexibility index (Phi) is 6.57. The summed E-state index contributed by atoms with van der Waals surface area (Å²) in [5.41, 5.74) is 1.14. The van der Waals surface area contributed by atoms with E-state index in [-0.39, 0.29) is 18.6 Å². The van der Waals surface area contributed by atoms with Crippen LogP contribution in [0.25, 0.3) is 16.5 Å². The van der Waals surface area contributed by atoms with Crippen LogP contribution in [0.1, 0.15) is 22.7 Å². The van der Waals surface area contributed by atoms with E-state index < -0.39 is 5.97 Å². The molecule has 4 nitrogen and oxygen atoms in total. The molecule has 0 radical (unpaired) electrons. The molecule has 0 saturated carbocycles. The van der Waals surface area contributed by atoms with Crippen LogP contribution in [0.4, 0.5) is 0 Å². The maximum Gasteiger partial charge on any atom is 0.331 e. The summed E-state index contributed by atoms with van der Waals surface area (Å²) >= 11 is 3.16. The van der Waals surface area contributed by atoms with Crippen molar-refractivity contribution in [1.29, 1.82) is 0 Å². The predicted octanol–water partition coefficient (Wildman–Crippen LogP) is 4.91. The minimum atomic E-state index is -0.538. The van der Waals surface area contributed by atoms with E-state index in [0.29, 0.717) is 0 Å². The van der Waals surface area contributed by atoms with E-state index in [2.05, 4.69) is 5.32 Å². The number of esters is 1. The number of hydrogen-bond donors (Lipinski definition) is 1. The van der Waals surface area contributed by atoms with Crippen molar-refractivity contribution in [2.24, 2.45) is 0 Å². The Balaban J connectivity index is 1.46. The van der Waals surface area contributed by atoms with Crippen LogP contribution >= 0.6 is 22.7 Å². The minimum absolute atomic E-state index is 0.103. The quantitative estimate of drug-likeness (QED) is 0.455. The third-order valence-electron chi connectivity index (χ3n) is 3.76. The number of ether oxygens (including phenoxy) is 1. The topological polar surface area (TPSA) is 55.4 Å². The fourth-order valence-corrected chi connectivity index (χ4v) is 4.08. The van der Waals surface area contributed by atoms with Crippen molar-refractivity contribution in [3.63, 3.8) is 0 Å². The SMILES string of the molecule is C[C@@H](NC(=O)COC(=O)/C=C/c1ccc(-c2ccccc2)s1)c1cccs1. The van der Waals surface area contributed by atoms with Gasteiger partial charge < -0.3 is 10.1 Å². The van der Waals surface area contributed by atoms with Gasteiger partial charge in [-0.2, -0.15) is 0 Å². The zero-order valence-electron chi connectivity index (χ0n) is 14.8. The van der Waals surface area contributed by atoms with Gasteiger partial charge in [-0.1, -0.05) is 36.4 Å². The highest BCUT2D eigenvalue weighted by Gasteiger charge is 2.11. The first kappa shape index (κ1) is 19.1. The fraction of sp³-hybridized carbons (Fsp3) is 0.143. The molecular formula is C21H19NO3S2. The molecule has 3 rings (SSSR count). The number of hydrogen-bond acceptors (Lipinski definition) is 5. The molecule has 3 aromatic rings. The number of carbonyl (C=O) groups excluding carboxylic acids is 2. The van der Waals surface area contributed by atoms with Crippen molar-refractivity contribution in [1.82, 2.24) is 5.32 Å². The first-order chi connectivity index (χ1) is 13.1. The van der Waals surface area contributed by atoms with Crippen LogP contribution in [0.3, 0.4) is 0 Å². The smallest absolute Gasteiger partial charge is 0.331 e. The highest BCUT2D eigenvalue weighted by molar-refractivity contribution is 7.16. The summed E-state index contributed by atoms with van der Waals surface area (Å²) in [5.74, 6) is -0.858. The molecule has 0 bridgehead atoms. The van der Waals surface area contributed by atoms with Gasteiger partial charge in [0.15, 0.2) is 6.61 Å². The van der Waals surface area contributed by atoms with Crippen LogP contribution in [0.15, 0.2) is 66.1 Å². The maximum atomic E-state index is 11.9. The molecule has 1 aromatic carbocycles. The summed E-state index contributed by atoms with van der Waals surface area (Å²) in [5, 5.41) is 4.76. The highest BCUT2D eigenvalue weighted by Crippen LogP contribution is 2.28. The van der Waals surface area contributed by atoms with Crippen LogP contribution < -0.4 is 5.32 Å². The molecule has 1 N–H and O–H groups in total. The van der Waals surface area contributed by atoms with Gasteiger partial charge in [0.2, 0.25) is 0 Å². The van der Waals surface area contributed by atoms with Crippen molar-refractivity contribution in [3.8, 4) is 10.4 Å². The lowest BCUT2D eigenvalue weighted by Gasteiger charge is -2.11. The van der Waals surface area contributed by atoms with Gasteiger partial charge in [0.1, 0.15) is 0 Å². The van der Waals surface area contributed by atoms with Gasteiger partial charge in [-0.25, -0.2) is 4.79 Å². The second-order valence-corrected chi connectivity index (χ2v) is 7.91. The summed E-state index contributed by atoms with van der Waals surface area (Å²) in [7, 11) is 0. The van der Waals surface area contributed by atoms with E-state index in [1.54, 1.807) is 28.7 Å². The lowest BCUT2D eigenvalue weighted by molar-refractivity contribution is -0.144. The molecule has 0 aliphatic carbocycles. The standard InChI is InChI=1S/C21H19NO3S2/c1-15(18-8-5-13-26-18)22-20(23)14-25-21(24)12-10-17-9-11-19(27-17)16-6-3-2-4-7-16/h2-13,15H,14H2,1H3,(H,22,23)/b12-10+/t15-/m1/s1. The monoisotopic (exact) mass is 397 g/mol. The summed E-state index contributed by atoms with van der Waals surface area (Å²) in [6.45, 7) is 1.60. The molecule has 6 heteroatoms. The molecule has 0 spiro atoms. The molecular weight excluding hydrogens is 378 g/mol. The minimum Gasteiger partial charge on any atom is -0.452 e. The van der Waals surface area contributed by atoms with Crippen LogP contribution in [-0.2, 0) is 14.3 Å². The summed E-state index contributed by atoms with van der Waals surface area (Å²) in [6.07, 6.45) is 3.04. The predicted molar refractivity (Wildman–Crippen MR) is 111 cm³/mol. The number of nitrogens with one attached hydrogen (secondary N) is 1. The zero-order valence-corrected chi connectivity index (χ0v) is 16.4. The van der Waals surface area contributed by atoms with Gasteiger partial charge >= 0.3 is 5.97 Å².